The molecular formula is C6H11O. The van der Waals surface area contributed by atoms with E-state index in [2.05, 4.69) is 6.92 Å². The van der Waals surface area contributed by atoms with Gasteiger partial charge in [-0.15, -0.1) is 0 Å². The SMILES string of the molecule is CCCC/C=[C]\O. The van der Waals surface area contributed by atoms with Crippen LogP contribution in [0.4, 0.5) is 0 Å². The lowest BCUT2D eigenvalue weighted by atomic mass is 10.2. The molecule has 1 heteroatoms. The Morgan fingerprint density at radius 1 is 1.71 bits per heavy atom. The van der Waals surface area contributed by atoms with Gasteiger partial charge in [0, 0.05) is 0 Å². The topological polar surface area (TPSA) is 20.2 Å². The van der Waals surface area contributed by atoms with E-state index < -0.39 is 0 Å². The van der Waals surface area contributed by atoms with Crippen LogP contribution in [0.1, 0.15) is 26.2 Å². The lowest BCUT2D eigenvalue weighted by Crippen LogP contribution is -1.65. The number of unbranched alkanes of at least 4 members (excludes halogenated alkanes) is 2. The second-order valence-electron chi connectivity index (χ2n) is 1.48. The largest absolute Gasteiger partial charge is 0.504 e. The van der Waals surface area contributed by atoms with Gasteiger partial charge < -0.3 is 5.11 Å². The number of aliphatic hydroxyl groups is 1. The third kappa shape index (κ3) is 5.54. The summed E-state index contributed by atoms with van der Waals surface area (Å²) in [5.41, 5.74) is 0. The maximum absolute atomic E-state index is 7.99. The molecule has 7 heavy (non-hydrogen) atoms. The standard InChI is InChI=1S/C6H11O/c1-2-3-4-5-6-7/h5,7H,2-4H2,1H3. The minimum absolute atomic E-state index is 0.951. The van der Waals surface area contributed by atoms with Crippen molar-refractivity contribution in [2.45, 2.75) is 26.2 Å². The van der Waals surface area contributed by atoms with Crippen molar-refractivity contribution >= 4 is 0 Å². The van der Waals surface area contributed by atoms with Gasteiger partial charge in [0.15, 0.2) is 6.26 Å². The van der Waals surface area contributed by atoms with Crippen LogP contribution in [0.25, 0.3) is 0 Å². The predicted octanol–water partition coefficient (Wildman–Crippen LogP) is 2.05. The molecule has 0 aliphatic heterocycles. The summed E-state index contributed by atoms with van der Waals surface area (Å²) >= 11 is 0. The Bertz CT molecular complexity index is 48.1. The molecule has 1 nitrogen and oxygen atoms in total. The van der Waals surface area contributed by atoms with Gasteiger partial charge in [-0.2, -0.15) is 0 Å². The van der Waals surface area contributed by atoms with Crippen molar-refractivity contribution in [2.75, 3.05) is 0 Å². The molecule has 0 aromatic carbocycles. The van der Waals surface area contributed by atoms with Crippen molar-refractivity contribution in [3.8, 4) is 0 Å². The Labute approximate surface area is 44.7 Å². The van der Waals surface area contributed by atoms with E-state index in [4.69, 9.17) is 5.11 Å². The van der Waals surface area contributed by atoms with Gasteiger partial charge in [0.25, 0.3) is 0 Å². The molecule has 0 aromatic rings. The van der Waals surface area contributed by atoms with E-state index in [-0.39, 0.29) is 0 Å². The molecule has 0 atom stereocenters. The molecule has 0 fully saturated rings. The van der Waals surface area contributed by atoms with Crippen LogP contribution < -0.4 is 0 Å². The second-order valence-corrected chi connectivity index (χ2v) is 1.48. The van der Waals surface area contributed by atoms with E-state index in [9.17, 15) is 0 Å². The molecule has 0 aliphatic rings. The Hall–Kier alpha value is -0.460. The van der Waals surface area contributed by atoms with E-state index in [1.54, 1.807) is 6.08 Å². The van der Waals surface area contributed by atoms with Gasteiger partial charge in [0.05, 0.1) is 0 Å². The van der Waals surface area contributed by atoms with Crippen molar-refractivity contribution < 1.29 is 5.11 Å². The summed E-state index contributed by atoms with van der Waals surface area (Å²) in [7, 11) is 0. The Kier molecular flexibility index (Phi) is 5.18. The smallest absolute Gasteiger partial charge is 0.152 e. The first-order valence-corrected chi connectivity index (χ1v) is 2.63. The first-order valence-electron chi connectivity index (χ1n) is 2.63. The van der Waals surface area contributed by atoms with E-state index >= 15 is 0 Å². The fourth-order valence-corrected chi connectivity index (χ4v) is 0.371. The fourth-order valence-electron chi connectivity index (χ4n) is 0.371. The molecule has 0 heterocycles. The first kappa shape index (κ1) is 6.54. The Balaban J connectivity index is 2.69. The average Bonchev–Trinajstić information content (AvgIpc) is 1.69. The summed E-state index contributed by atoms with van der Waals surface area (Å²) in [5, 5.41) is 7.99. The molecule has 0 saturated carbocycles. The summed E-state index contributed by atoms with van der Waals surface area (Å²) in [6.07, 6.45) is 6.90. The highest BCUT2D eigenvalue weighted by Gasteiger charge is 1.74. The van der Waals surface area contributed by atoms with E-state index in [1.165, 1.54) is 6.42 Å². The summed E-state index contributed by atoms with van der Waals surface area (Å²) in [6, 6.07) is 0. The summed E-state index contributed by atoms with van der Waals surface area (Å²) in [5.74, 6) is 0. The van der Waals surface area contributed by atoms with Crippen molar-refractivity contribution in [1.82, 2.24) is 0 Å². The van der Waals surface area contributed by atoms with Crippen LogP contribution in [0.3, 0.4) is 0 Å². The summed E-state index contributed by atoms with van der Waals surface area (Å²) in [4.78, 5) is 0. The average molecular weight is 99.2 g/mol. The second kappa shape index (κ2) is 5.54. The van der Waals surface area contributed by atoms with Gasteiger partial charge in [0.1, 0.15) is 0 Å². The van der Waals surface area contributed by atoms with Crippen molar-refractivity contribution in [2.24, 2.45) is 0 Å². The number of hydrogen-bond acceptors (Lipinski definition) is 1. The van der Waals surface area contributed by atoms with Gasteiger partial charge in [-0.1, -0.05) is 13.3 Å². The molecular weight excluding hydrogens is 88.1 g/mol. The minimum Gasteiger partial charge on any atom is -0.504 e. The number of allylic oxidation sites excluding steroid dienone is 1. The minimum atomic E-state index is 0.951. The lowest BCUT2D eigenvalue weighted by Gasteiger charge is -1.82. The Morgan fingerprint density at radius 3 is 2.86 bits per heavy atom. The van der Waals surface area contributed by atoms with Crippen LogP contribution >= 0.6 is 0 Å². The third-order valence-corrected chi connectivity index (χ3v) is 0.793. The zero-order valence-corrected chi connectivity index (χ0v) is 4.65. The monoisotopic (exact) mass is 99.1 g/mol. The lowest BCUT2D eigenvalue weighted by molar-refractivity contribution is 0.438. The molecule has 1 radical (unpaired) electrons. The third-order valence-electron chi connectivity index (χ3n) is 0.793. The molecule has 0 unspecified atom stereocenters. The van der Waals surface area contributed by atoms with Crippen LogP contribution in [0.2, 0.25) is 0 Å². The van der Waals surface area contributed by atoms with Gasteiger partial charge in [-0.3, -0.25) is 0 Å². The maximum Gasteiger partial charge on any atom is 0.152 e. The highest BCUT2D eigenvalue weighted by atomic mass is 16.2. The molecule has 0 aliphatic carbocycles. The zero-order chi connectivity index (χ0) is 5.54. The van der Waals surface area contributed by atoms with E-state index in [1.807, 2.05) is 6.26 Å². The zero-order valence-electron chi connectivity index (χ0n) is 4.65. The number of aliphatic hydroxyl groups excluding tert-OH is 1. The normalized spacial score (nSPS) is 10.4. The summed E-state index contributed by atoms with van der Waals surface area (Å²) < 4.78 is 0. The molecule has 0 aromatic heterocycles. The highest BCUT2D eigenvalue weighted by Crippen LogP contribution is 1.92. The first-order chi connectivity index (χ1) is 3.41. The molecule has 0 bridgehead atoms. The Morgan fingerprint density at radius 2 is 2.43 bits per heavy atom. The molecule has 0 saturated heterocycles. The molecule has 0 amide bonds. The van der Waals surface area contributed by atoms with Crippen molar-refractivity contribution in [3.63, 3.8) is 0 Å². The molecule has 41 valence electrons. The molecule has 0 spiro atoms. The quantitative estimate of drug-likeness (QED) is 0.424. The maximum atomic E-state index is 7.99. The van der Waals surface area contributed by atoms with Crippen LogP contribution in [0, 0.1) is 6.26 Å². The summed E-state index contributed by atoms with van der Waals surface area (Å²) in [6.45, 7) is 2.12. The number of hydrogen-bond donors (Lipinski definition) is 1. The fraction of sp³-hybridized carbons (Fsp3) is 0.667. The van der Waals surface area contributed by atoms with E-state index in [0.717, 1.165) is 12.8 Å². The van der Waals surface area contributed by atoms with Crippen LogP contribution in [0.5, 0.6) is 0 Å². The van der Waals surface area contributed by atoms with Crippen LogP contribution in [-0.2, 0) is 0 Å². The van der Waals surface area contributed by atoms with Gasteiger partial charge in [-0.05, 0) is 18.9 Å². The van der Waals surface area contributed by atoms with Gasteiger partial charge >= 0.3 is 0 Å². The van der Waals surface area contributed by atoms with Crippen LogP contribution in [0.15, 0.2) is 6.08 Å². The predicted molar refractivity (Wildman–Crippen MR) is 30.0 cm³/mol. The highest BCUT2D eigenvalue weighted by molar-refractivity contribution is 4.64. The van der Waals surface area contributed by atoms with Crippen molar-refractivity contribution in [1.29, 1.82) is 0 Å². The molecule has 0 rings (SSSR count). The van der Waals surface area contributed by atoms with Crippen molar-refractivity contribution in [3.05, 3.63) is 12.3 Å². The van der Waals surface area contributed by atoms with Gasteiger partial charge in [0.2, 0.25) is 0 Å². The number of rotatable bonds is 3. The molecule has 1 N–H and O–H groups in total. The van der Waals surface area contributed by atoms with Crippen LogP contribution in [-0.4, -0.2) is 5.11 Å². The van der Waals surface area contributed by atoms with E-state index in [0.29, 0.717) is 0 Å². The van der Waals surface area contributed by atoms with Gasteiger partial charge in [-0.25, -0.2) is 0 Å².